The topological polar surface area (TPSA) is 98.7 Å². The maximum atomic E-state index is 11.1. The highest BCUT2D eigenvalue weighted by atomic mass is 31.2. The van der Waals surface area contributed by atoms with Crippen molar-refractivity contribution in [3.63, 3.8) is 0 Å². The van der Waals surface area contributed by atoms with Crippen molar-refractivity contribution in [1.29, 1.82) is 0 Å². The van der Waals surface area contributed by atoms with Gasteiger partial charge in [0, 0.05) is 6.04 Å². The lowest BCUT2D eigenvalue weighted by molar-refractivity contribution is -0.121. The van der Waals surface area contributed by atoms with E-state index in [1.807, 2.05) is 0 Å². The number of hydrogen-bond acceptors (Lipinski definition) is 3. The Morgan fingerprint density at radius 2 is 2.07 bits per heavy atom. The normalized spacial score (nSPS) is 17.6. The third-order valence-corrected chi connectivity index (χ3v) is 2.71. The lowest BCUT2D eigenvalue weighted by Gasteiger charge is -2.26. The molecule has 0 aromatic rings. The number of carbonyl (C=O) groups is 1. The van der Waals surface area contributed by atoms with Crippen molar-refractivity contribution in [2.75, 3.05) is 12.8 Å². The van der Waals surface area contributed by atoms with Gasteiger partial charge in [-0.05, 0) is 19.3 Å². The first kappa shape index (κ1) is 11.7. The van der Waals surface area contributed by atoms with E-state index < -0.39 is 13.9 Å². The predicted octanol–water partition coefficient (Wildman–Crippen LogP) is -0.620. The lowest BCUT2D eigenvalue weighted by Crippen LogP contribution is -2.43. The van der Waals surface area contributed by atoms with E-state index in [-0.39, 0.29) is 18.5 Å². The summed E-state index contributed by atoms with van der Waals surface area (Å²) >= 11 is 0. The minimum atomic E-state index is -4.04. The van der Waals surface area contributed by atoms with Crippen LogP contribution in [0.5, 0.6) is 0 Å². The van der Waals surface area contributed by atoms with Crippen LogP contribution in [0, 0.1) is 0 Å². The van der Waals surface area contributed by atoms with Crippen LogP contribution >= 0.6 is 7.60 Å². The Labute approximate surface area is 82.2 Å². The molecule has 7 heteroatoms. The number of amides is 1. The van der Waals surface area contributed by atoms with Crippen LogP contribution in [0.25, 0.3) is 0 Å². The highest BCUT2D eigenvalue weighted by molar-refractivity contribution is 7.51. The molecule has 0 aromatic heterocycles. The molecule has 0 aliphatic heterocycles. The average molecular weight is 222 g/mol. The van der Waals surface area contributed by atoms with Crippen molar-refractivity contribution < 1.29 is 19.1 Å². The van der Waals surface area contributed by atoms with Gasteiger partial charge in [0.2, 0.25) is 5.91 Å². The molecular weight excluding hydrogens is 207 g/mol. The van der Waals surface area contributed by atoms with Crippen molar-refractivity contribution >= 4 is 13.5 Å². The van der Waals surface area contributed by atoms with Crippen LogP contribution in [0.15, 0.2) is 0 Å². The summed E-state index contributed by atoms with van der Waals surface area (Å²) in [5.74, 6) is -0.205. The molecule has 82 valence electrons. The Morgan fingerprint density at radius 3 is 2.50 bits per heavy atom. The highest BCUT2D eigenvalue weighted by Gasteiger charge is 2.19. The van der Waals surface area contributed by atoms with E-state index in [2.05, 4.69) is 10.6 Å². The van der Waals surface area contributed by atoms with E-state index in [1.165, 1.54) is 0 Å². The molecule has 1 amide bonds. The summed E-state index contributed by atoms with van der Waals surface area (Å²) in [6.45, 7) is -0.0401. The summed E-state index contributed by atoms with van der Waals surface area (Å²) < 4.78 is 10.4. The fraction of sp³-hybridized carbons (Fsp3) is 0.857. The van der Waals surface area contributed by atoms with E-state index in [0.29, 0.717) is 0 Å². The van der Waals surface area contributed by atoms with Gasteiger partial charge in [0.05, 0.1) is 12.8 Å². The zero-order valence-corrected chi connectivity index (χ0v) is 8.67. The fourth-order valence-electron chi connectivity index (χ4n) is 1.15. The van der Waals surface area contributed by atoms with Crippen LogP contribution in [0.3, 0.4) is 0 Å². The van der Waals surface area contributed by atoms with Gasteiger partial charge in [-0.2, -0.15) is 0 Å². The Morgan fingerprint density at radius 1 is 1.43 bits per heavy atom. The zero-order chi connectivity index (χ0) is 10.6. The van der Waals surface area contributed by atoms with E-state index in [4.69, 9.17) is 9.79 Å². The van der Waals surface area contributed by atoms with Crippen molar-refractivity contribution in [3.8, 4) is 0 Å². The standard InChI is InChI=1S/C7H15N2O4P/c10-7(9-6-2-1-3-6)4-8-5-14(11,12)13/h6,8H,1-5H2,(H,9,10)(H2,11,12,13). The van der Waals surface area contributed by atoms with Crippen molar-refractivity contribution in [1.82, 2.24) is 10.6 Å². The molecule has 0 aromatic carbocycles. The summed E-state index contributed by atoms with van der Waals surface area (Å²) in [7, 11) is -4.04. The van der Waals surface area contributed by atoms with Crippen molar-refractivity contribution in [3.05, 3.63) is 0 Å². The zero-order valence-electron chi connectivity index (χ0n) is 7.77. The number of carbonyl (C=O) groups excluding carboxylic acids is 1. The molecule has 1 saturated carbocycles. The van der Waals surface area contributed by atoms with Crippen molar-refractivity contribution in [2.24, 2.45) is 0 Å². The highest BCUT2D eigenvalue weighted by Crippen LogP contribution is 2.31. The molecule has 0 radical (unpaired) electrons. The van der Waals surface area contributed by atoms with Crippen LogP contribution in [-0.2, 0) is 9.36 Å². The van der Waals surface area contributed by atoms with Crippen LogP contribution in [-0.4, -0.2) is 34.6 Å². The minimum Gasteiger partial charge on any atom is -0.352 e. The molecule has 1 rings (SSSR count). The average Bonchev–Trinajstić information content (AvgIpc) is 1.94. The molecule has 1 fully saturated rings. The van der Waals surface area contributed by atoms with Gasteiger partial charge in [-0.3, -0.25) is 14.7 Å². The van der Waals surface area contributed by atoms with Gasteiger partial charge in [0.25, 0.3) is 0 Å². The Kier molecular flexibility index (Phi) is 4.07. The number of rotatable bonds is 5. The molecule has 4 N–H and O–H groups in total. The fourth-order valence-corrected chi connectivity index (χ4v) is 1.55. The summed E-state index contributed by atoms with van der Waals surface area (Å²) in [6.07, 6.45) is 2.69. The first-order valence-electron chi connectivity index (χ1n) is 4.52. The molecule has 1 aliphatic carbocycles. The van der Waals surface area contributed by atoms with E-state index in [9.17, 15) is 9.36 Å². The van der Waals surface area contributed by atoms with Crippen LogP contribution in [0.1, 0.15) is 19.3 Å². The largest absolute Gasteiger partial charge is 0.352 e. The van der Waals surface area contributed by atoms with Gasteiger partial charge in [-0.15, -0.1) is 0 Å². The molecular formula is C7H15N2O4P. The monoisotopic (exact) mass is 222 g/mol. The van der Waals surface area contributed by atoms with E-state index in [0.717, 1.165) is 19.3 Å². The Bertz CT molecular complexity index is 248. The number of hydrogen-bond donors (Lipinski definition) is 4. The Hall–Kier alpha value is -0.420. The number of nitrogens with one attached hydrogen (secondary N) is 2. The van der Waals surface area contributed by atoms with E-state index >= 15 is 0 Å². The second-order valence-electron chi connectivity index (χ2n) is 3.44. The summed E-state index contributed by atoms with van der Waals surface area (Å²) in [5.41, 5.74) is 0. The molecule has 0 bridgehead atoms. The summed E-state index contributed by atoms with van der Waals surface area (Å²) in [4.78, 5) is 28.1. The van der Waals surface area contributed by atoms with Gasteiger partial charge in [0.15, 0.2) is 0 Å². The second-order valence-corrected chi connectivity index (χ2v) is 5.09. The Balaban J connectivity index is 2.05. The quantitative estimate of drug-likeness (QED) is 0.465. The molecule has 0 heterocycles. The first-order chi connectivity index (χ1) is 6.47. The smallest absolute Gasteiger partial charge is 0.339 e. The van der Waals surface area contributed by atoms with Gasteiger partial charge in [-0.25, -0.2) is 0 Å². The minimum absolute atomic E-state index is 0.0401. The van der Waals surface area contributed by atoms with Crippen LogP contribution < -0.4 is 10.6 Å². The van der Waals surface area contributed by atoms with Crippen LogP contribution in [0.2, 0.25) is 0 Å². The molecule has 0 atom stereocenters. The second kappa shape index (κ2) is 4.89. The molecule has 1 aliphatic rings. The molecule has 0 saturated heterocycles. The van der Waals surface area contributed by atoms with Gasteiger partial charge >= 0.3 is 7.60 Å². The maximum absolute atomic E-state index is 11.1. The van der Waals surface area contributed by atoms with E-state index in [1.54, 1.807) is 0 Å². The van der Waals surface area contributed by atoms with Gasteiger partial charge in [-0.1, -0.05) is 0 Å². The molecule has 0 unspecified atom stereocenters. The lowest BCUT2D eigenvalue weighted by atomic mass is 9.93. The summed E-state index contributed by atoms with van der Waals surface area (Å²) in [6, 6.07) is 0.263. The van der Waals surface area contributed by atoms with Crippen LogP contribution in [0.4, 0.5) is 0 Å². The predicted molar refractivity (Wildman–Crippen MR) is 50.7 cm³/mol. The van der Waals surface area contributed by atoms with Gasteiger partial charge < -0.3 is 15.1 Å². The van der Waals surface area contributed by atoms with Crippen molar-refractivity contribution in [2.45, 2.75) is 25.3 Å². The molecule has 6 nitrogen and oxygen atoms in total. The summed E-state index contributed by atoms with van der Waals surface area (Å²) in [5, 5.41) is 5.15. The van der Waals surface area contributed by atoms with Gasteiger partial charge in [0.1, 0.15) is 0 Å². The maximum Gasteiger partial charge on any atom is 0.339 e. The third kappa shape index (κ3) is 4.72. The molecule has 14 heavy (non-hydrogen) atoms. The SMILES string of the molecule is O=C(CNCP(=O)(O)O)NC1CCC1. The molecule has 0 spiro atoms. The third-order valence-electron chi connectivity index (χ3n) is 2.07. The first-order valence-corrected chi connectivity index (χ1v) is 6.32.